The first kappa shape index (κ1) is 17.1. The zero-order valence-electron chi connectivity index (χ0n) is 12.2. The number of rotatable bonds is 9. The SMILES string of the molecule is COCCNC(=O)NC(=O)Cn1cc(CCCCN)nn1. The van der Waals surface area contributed by atoms with Crippen LogP contribution in [0.25, 0.3) is 0 Å². The van der Waals surface area contributed by atoms with E-state index in [0.717, 1.165) is 25.0 Å². The van der Waals surface area contributed by atoms with Crippen LogP contribution in [0.4, 0.5) is 4.79 Å². The van der Waals surface area contributed by atoms with Crippen molar-refractivity contribution >= 4 is 11.9 Å². The van der Waals surface area contributed by atoms with Gasteiger partial charge in [0.05, 0.1) is 12.3 Å². The van der Waals surface area contributed by atoms with E-state index in [1.54, 1.807) is 6.20 Å². The molecule has 0 spiro atoms. The fourth-order valence-corrected chi connectivity index (χ4v) is 1.60. The van der Waals surface area contributed by atoms with Gasteiger partial charge in [-0.1, -0.05) is 5.21 Å². The molecule has 9 nitrogen and oxygen atoms in total. The van der Waals surface area contributed by atoms with E-state index >= 15 is 0 Å². The molecule has 0 saturated heterocycles. The van der Waals surface area contributed by atoms with Crippen molar-refractivity contribution in [1.82, 2.24) is 25.6 Å². The Kier molecular flexibility index (Phi) is 7.99. The summed E-state index contributed by atoms with van der Waals surface area (Å²) in [5.74, 6) is -0.455. The quantitative estimate of drug-likeness (QED) is 0.504. The summed E-state index contributed by atoms with van der Waals surface area (Å²) in [6.07, 6.45) is 4.33. The van der Waals surface area contributed by atoms with Crippen LogP contribution in [0.1, 0.15) is 18.5 Å². The van der Waals surface area contributed by atoms with E-state index in [4.69, 9.17) is 10.5 Å². The Morgan fingerprint density at radius 2 is 2.24 bits per heavy atom. The zero-order chi connectivity index (χ0) is 15.5. The third-order valence-corrected chi connectivity index (χ3v) is 2.62. The average Bonchev–Trinajstić information content (AvgIpc) is 2.86. The molecule has 0 atom stereocenters. The second kappa shape index (κ2) is 9.83. The van der Waals surface area contributed by atoms with E-state index < -0.39 is 11.9 Å². The summed E-state index contributed by atoms with van der Waals surface area (Å²) in [5, 5.41) is 12.5. The van der Waals surface area contributed by atoms with E-state index in [1.165, 1.54) is 11.8 Å². The minimum atomic E-state index is -0.555. The Balaban J connectivity index is 2.29. The maximum absolute atomic E-state index is 11.6. The van der Waals surface area contributed by atoms with Crippen LogP contribution < -0.4 is 16.4 Å². The highest BCUT2D eigenvalue weighted by Crippen LogP contribution is 2.00. The molecule has 1 rings (SSSR count). The van der Waals surface area contributed by atoms with Crippen molar-refractivity contribution in [1.29, 1.82) is 0 Å². The number of aryl methyl sites for hydroxylation is 1. The van der Waals surface area contributed by atoms with E-state index in [0.29, 0.717) is 19.7 Å². The van der Waals surface area contributed by atoms with Crippen LogP contribution in [-0.4, -0.2) is 53.7 Å². The highest BCUT2D eigenvalue weighted by atomic mass is 16.5. The Morgan fingerprint density at radius 1 is 1.43 bits per heavy atom. The van der Waals surface area contributed by atoms with Gasteiger partial charge in [-0.3, -0.25) is 10.1 Å². The lowest BCUT2D eigenvalue weighted by Gasteiger charge is -2.05. The second-order valence-corrected chi connectivity index (χ2v) is 4.45. The molecule has 9 heteroatoms. The number of hydrogen-bond acceptors (Lipinski definition) is 6. The van der Waals surface area contributed by atoms with Gasteiger partial charge >= 0.3 is 6.03 Å². The van der Waals surface area contributed by atoms with Gasteiger partial charge in [0.1, 0.15) is 6.54 Å². The van der Waals surface area contributed by atoms with Gasteiger partial charge in [0.25, 0.3) is 0 Å². The van der Waals surface area contributed by atoms with Gasteiger partial charge in [-0.2, -0.15) is 0 Å². The number of methoxy groups -OCH3 is 1. The topological polar surface area (TPSA) is 124 Å². The minimum Gasteiger partial charge on any atom is -0.383 e. The molecule has 0 saturated carbocycles. The number of nitrogens with two attached hydrogens (primary N) is 1. The van der Waals surface area contributed by atoms with Gasteiger partial charge in [0, 0.05) is 19.9 Å². The molecule has 4 N–H and O–H groups in total. The Hall–Kier alpha value is -2.00. The molecular formula is C12H22N6O3. The monoisotopic (exact) mass is 298 g/mol. The number of carbonyl (C=O) groups excluding carboxylic acids is 2. The third kappa shape index (κ3) is 7.37. The number of nitrogens with zero attached hydrogens (tertiary/aromatic N) is 3. The van der Waals surface area contributed by atoms with Gasteiger partial charge in [-0.15, -0.1) is 5.10 Å². The zero-order valence-corrected chi connectivity index (χ0v) is 12.2. The molecule has 0 radical (unpaired) electrons. The lowest BCUT2D eigenvalue weighted by Crippen LogP contribution is -2.42. The molecule has 1 aromatic heterocycles. The summed E-state index contributed by atoms with van der Waals surface area (Å²) < 4.78 is 6.18. The highest BCUT2D eigenvalue weighted by molar-refractivity contribution is 5.94. The first-order chi connectivity index (χ1) is 10.2. The number of amides is 3. The molecule has 0 aliphatic rings. The van der Waals surface area contributed by atoms with Crippen molar-refractivity contribution in [3.63, 3.8) is 0 Å². The summed E-state index contributed by atoms with van der Waals surface area (Å²) >= 11 is 0. The lowest BCUT2D eigenvalue weighted by molar-refractivity contribution is -0.120. The van der Waals surface area contributed by atoms with Crippen molar-refractivity contribution < 1.29 is 14.3 Å². The highest BCUT2D eigenvalue weighted by Gasteiger charge is 2.09. The second-order valence-electron chi connectivity index (χ2n) is 4.45. The number of carbonyl (C=O) groups is 2. The van der Waals surface area contributed by atoms with Crippen LogP contribution >= 0.6 is 0 Å². The molecule has 3 amide bonds. The number of unbranched alkanes of at least 4 members (excludes halogenated alkanes) is 1. The molecule has 0 aliphatic carbocycles. The van der Waals surface area contributed by atoms with Crippen LogP contribution in [0.3, 0.4) is 0 Å². The molecule has 1 heterocycles. The molecule has 118 valence electrons. The molecule has 0 unspecified atom stereocenters. The molecule has 0 bridgehead atoms. The van der Waals surface area contributed by atoms with Gasteiger partial charge in [-0.05, 0) is 25.8 Å². The number of nitrogens with one attached hydrogen (secondary N) is 2. The predicted octanol–water partition coefficient (Wildman–Crippen LogP) is -0.968. The van der Waals surface area contributed by atoms with E-state index in [9.17, 15) is 9.59 Å². The largest absolute Gasteiger partial charge is 0.383 e. The van der Waals surface area contributed by atoms with E-state index in [-0.39, 0.29) is 6.54 Å². The Labute approximate surface area is 123 Å². The van der Waals surface area contributed by atoms with Crippen molar-refractivity contribution in [2.45, 2.75) is 25.8 Å². The van der Waals surface area contributed by atoms with Crippen LogP contribution in [0.5, 0.6) is 0 Å². The summed E-state index contributed by atoms with van der Waals surface area (Å²) in [6.45, 7) is 1.32. The molecule has 21 heavy (non-hydrogen) atoms. The fraction of sp³-hybridized carbons (Fsp3) is 0.667. The normalized spacial score (nSPS) is 10.4. The Morgan fingerprint density at radius 3 is 2.95 bits per heavy atom. The molecular weight excluding hydrogens is 276 g/mol. The summed E-state index contributed by atoms with van der Waals surface area (Å²) in [7, 11) is 1.53. The molecule has 0 fully saturated rings. The van der Waals surface area contributed by atoms with Crippen molar-refractivity contribution in [2.24, 2.45) is 5.73 Å². The third-order valence-electron chi connectivity index (χ3n) is 2.62. The van der Waals surface area contributed by atoms with Gasteiger partial charge < -0.3 is 15.8 Å². The fourth-order valence-electron chi connectivity index (χ4n) is 1.60. The van der Waals surface area contributed by atoms with Gasteiger partial charge in [0.15, 0.2) is 0 Å². The van der Waals surface area contributed by atoms with Crippen molar-refractivity contribution in [3.05, 3.63) is 11.9 Å². The van der Waals surface area contributed by atoms with Crippen LogP contribution in [0.2, 0.25) is 0 Å². The number of hydrogen-bond donors (Lipinski definition) is 3. The summed E-state index contributed by atoms with van der Waals surface area (Å²) in [5.41, 5.74) is 6.22. The molecule has 0 aliphatic heterocycles. The smallest absolute Gasteiger partial charge is 0.321 e. The van der Waals surface area contributed by atoms with Gasteiger partial charge in [0.2, 0.25) is 5.91 Å². The standard InChI is InChI=1S/C12H22N6O3/c1-21-7-6-14-12(20)15-11(19)9-18-8-10(16-17-18)4-2-3-5-13/h8H,2-7,9,13H2,1H3,(H2,14,15,19,20). The van der Waals surface area contributed by atoms with E-state index in [2.05, 4.69) is 20.9 Å². The first-order valence-electron chi connectivity index (χ1n) is 6.81. The maximum atomic E-state index is 11.6. The predicted molar refractivity (Wildman–Crippen MR) is 75.4 cm³/mol. The number of ether oxygens (including phenoxy) is 1. The molecule has 1 aromatic rings. The van der Waals surface area contributed by atoms with Crippen molar-refractivity contribution in [2.75, 3.05) is 26.8 Å². The van der Waals surface area contributed by atoms with Crippen LogP contribution in [0.15, 0.2) is 6.20 Å². The van der Waals surface area contributed by atoms with Gasteiger partial charge in [-0.25, -0.2) is 9.48 Å². The maximum Gasteiger partial charge on any atom is 0.321 e. The number of aromatic nitrogens is 3. The lowest BCUT2D eigenvalue weighted by atomic mass is 10.2. The van der Waals surface area contributed by atoms with Crippen LogP contribution in [-0.2, 0) is 22.5 Å². The summed E-state index contributed by atoms with van der Waals surface area (Å²) in [6, 6.07) is -0.555. The first-order valence-corrected chi connectivity index (χ1v) is 6.81. The Bertz CT molecular complexity index is 448. The average molecular weight is 298 g/mol. The number of urea groups is 1. The van der Waals surface area contributed by atoms with Crippen LogP contribution in [0, 0.1) is 0 Å². The van der Waals surface area contributed by atoms with Crippen molar-refractivity contribution in [3.8, 4) is 0 Å². The molecule has 0 aromatic carbocycles. The minimum absolute atomic E-state index is 0.0540. The van der Waals surface area contributed by atoms with E-state index in [1.807, 2.05) is 0 Å². The number of imide groups is 1. The summed E-state index contributed by atoms with van der Waals surface area (Å²) in [4.78, 5) is 23.0.